The molecule has 0 aliphatic carbocycles. The van der Waals surface area contributed by atoms with Gasteiger partial charge in [-0.25, -0.2) is 4.79 Å². The number of benzene rings is 2. The number of likely N-dealkylation sites (N-methyl/N-ethyl adjacent to an activating group) is 1. The number of hydrogen-bond donors (Lipinski definition) is 3. The van der Waals surface area contributed by atoms with Gasteiger partial charge in [-0.15, -0.1) is 0 Å². The minimum atomic E-state index is -0.323. The number of carbonyl (C=O) groups excluding carboxylic acids is 1. The van der Waals surface area contributed by atoms with Crippen LogP contribution < -0.4 is 11.0 Å². The van der Waals surface area contributed by atoms with Gasteiger partial charge in [0.1, 0.15) is 0 Å². The normalized spacial score (nSPS) is 12.5. The second kappa shape index (κ2) is 7.13. The quantitative estimate of drug-likeness (QED) is 0.656. The van der Waals surface area contributed by atoms with E-state index in [9.17, 15) is 9.59 Å². The Hall–Kier alpha value is -2.57. The second-order valence-corrected chi connectivity index (χ2v) is 6.48. The third-order valence-electron chi connectivity index (χ3n) is 4.17. The van der Waals surface area contributed by atoms with Crippen LogP contribution in [0.3, 0.4) is 0 Å². The molecule has 3 N–H and O–H groups in total. The lowest BCUT2D eigenvalue weighted by molar-refractivity contribution is -0.120. The summed E-state index contributed by atoms with van der Waals surface area (Å²) in [7, 11) is 1.89. The zero-order valence-electron chi connectivity index (χ0n) is 14.0. The Morgan fingerprint density at radius 3 is 2.56 bits per heavy atom. The number of nitrogens with one attached hydrogen (secondary N) is 3. The fourth-order valence-electron chi connectivity index (χ4n) is 2.57. The Balaban J connectivity index is 1.66. The van der Waals surface area contributed by atoms with Crippen LogP contribution in [0.2, 0.25) is 5.02 Å². The molecule has 0 unspecified atom stereocenters. The molecule has 2 aromatic carbocycles. The Morgan fingerprint density at radius 1 is 1.16 bits per heavy atom. The molecule has 1 aromatic heterocycles. The highest BCUT2D eigenvalue weighted by molar-refractivity contribution is 6.30. The molecule has 1 amide bonds. The average Bonchev–Trinajstić information content (AvgIpc) is 2.95. The lowest BCUT2D eigenvalue weighted by Gasteiger charge is -2.24. The number of aromatic amines is 2. The summed E-state index contributed by atoms with van der Waals surface area (Å²) in [4.78, 5) is 31.1. The molecule has 3 aromatic rings. The maximum absolute atomic E-state index is 12.5. The van der Waals surface area contributed by atoms with Crippen LogP contribution in [0.1, 0.15) is 12.5 Å². The molecule has 0 aliphatic heterocycles. The van der Waals surface area contributed by atoms with E-state index in [0.717, 1.165) is 5.56 Å². The summed E-state index contributed by atoms with van der Waals surface area (Å²) in [6, 6.07) is 12.5. The number of rotatable bonds is 5. The number of H-pyrrole nitrogens is 2. The first kappa shape index (κ1) is 17.3. The van der Waals surface area contributed by atoms with Crippen LogP contribution in [0, 0.1) is 0 Å². The van der Waals surface area contributed by atoms with E-state index < -0.39 is 0 Å². The zero-order valence-corrected chi connectivity index (χ0v) is 14.7. The molecule has 0 saturated heterocycles. The lowest BCUT2D eigenvalue weighted by atomic mass is 10.2. The molecular formula is C18H19ClN4O2. The Morgan fingerprint density at radius 2 is 1.84 bits per heavy atom. The van der Waals surface area contributed by atoms with Crippen molar-refractivity contribution in [3.63, 3.8) is 0 Å². The molecule has 25 heavy (non-hydrogen) atoms. The first-order chi connectivity index (χ1) is 11.9. The number of amides is 1. The van der Waals surface area contributed by atoms with Gasteiger partial charge in [0.05, 0.1) is 17.1 Å². The molecule has 6 nitrogen and oxygen atoms in total. The van der Waals surface area contributed by atoms with Gasteiger partial charge < -0.3 is 15.3 Å². The van der Waals surface area contributed by atoms with Crippen LogP contribution in [0.15, 0.2) is 47.3 Å². The number of imidazole rings is 1. The standard InChI is InChI=1S/C18H19ClN4O2/c1-11(23(2)10-12-3-5-13(19)6-4-12)17(24)20-14-7-8-15-16(9-14)22-18(25)21-15/h3-9,11H,10H2,1-2H3,(H,20,24)(H2,21,22,25)/t11-/m1/s1. The molecule has 0 bridgehead atoms. The molecule has 7 heteroatoms. The van der Waals surface area contributed by atoms with Gasteiger partial charge in [-0.2, -0.15) is 0 Å². The zero-order chi connectivity index (χ0) is 18.0. The first-order valence-electron chi connectivity index (χ1n) is 7.90. The van der Waals surface area contributed by atoms with Gasteiger partial charge in [0.25, 0.3) is 0 Å². The summed E-state index contributed by atoms with van der Waals surface area (Å²) in [5.41, 5.74) is 2.81. The van der Waals surface area contributed by atoms with Crippen molar-refractivity contribution in [2.24, 2.45) is 0 Å². The van der Waals surface area contributed by atoms with Gasteiger partial charge >= 0.3 is 5.69 Å². The van der Waals surface area contributed by atoms with Crippen molar-refractivity contribution in [2.75, 3.05) is 12.4 Å². The van der Waals surface area contributed by atoms with Crippen molar-refractivity contribution in [3.05, 3.63) is 63.5 Å². The van der Waals surface area contributed by atoms with E-state index in [1.165, 1.54) is 0 Å². The molecule has 130 valence electrons. The van der Waals surface area contributed by atoms with Crippen molar-refractivity contribution in [2.45, 2.75) is 19.5 Å². The lowest BCUT2D eigenvalue weighted by Crippen LogP contribution is -2.39. The number of halogens is 1. The van der Waals surface area contributed by atoms with Crippen molar-refractivity contribution in [3.8, 4) is 0 Å². The van der Waals surface area contributed by atoms with Crippen LogP contribution in [0.4, 0.5) is 5.69 Å². The molecule has 1 atom stereocenters. The van der Waals surface area contributed by atoms with E-state index in [0.29, 0.717) is 28.3 Å². The topological polar surface area (TPSA) is 81.0 Å². The molecular weight excluding hydrogens is 340 g/mol. The fourth-order valence-corrected chi connectivity index (χ4v) is 2.70. The summed E-state index contributed by atoms with van der Waals surface area (Å²) in [5, 5.41) is 3.57. The van der Waals surface area contributed by atoms with Gasteiger partial charge in [-0.05, 0) is 49.9 Å². The Bertz CT molecular complexity index is 946. The predicted octanol–water partition coefficient (Wildman–Crippen LogP) is 2.97. The van der Waals surface area contributed by atoms with E-state index in [1.54, 1.807) is 18.2 Å². The highest BCUT2D eigenvalue weighted by atomic mass is 35.5. The maximum Gasteiger partial charge on any atom is 0.323 e. The van der Waals surface area contributed by atoms with Gasteiger partial charge in [0.2, 0.25) is 5.91 Å². The number of anilines is 1. The fraction of sp³-hybridized carbons (Fsp3) is 0.222. The highest BCUT2D eigenvalue weighted by Gasteiger charge is 2.18. The summed E-state index contributed by atoms with van der Waals surface area (Å²) in [6.45, 7) is 2.48. The minimum absolute atomic E-state index is 0.117. The molecule has 0 aliphatic rings. The number of nitrogens with zero attached hydrogens (tertiary/aromatic N) is 1. The molecule has 0 fully saturated rings. The number of fused-ring (bicyclic) bond motifs is 1. The van der Waals surface area contributed by atoms with Crippen LogP contribution in [-0.4, -0.2) is 33.9 Å². The third-order valence-corrected chi connectivity index (χ3v) is 4.42. The van der Waals surface area contributed by atoms with Crippen LogP contribution in [0.5, 0.6) is 0 Å². The van der Waals surface area contributed by atoms with E-state index >= 15 is 0 Å². The van der Waals surface area contributed by atoms with Crippen molar-refractivity contribution in [1.29, 1.82) is 0 Å². The van der Waals surface area contributed by atoms with Gasteiger partial charge in [0.15, 0.2) is 0 Å². The average molecular weight is 359 g/mol. The van der Waals surface area contributed by atoms with Gasteiger partial charge in [-0.1, -0.05) is 23.7 Å². The molecule has 3 rings (SSSR count). The predicted molar refractivity (Wildman–Crippen MR) is 99.9 cm³/mol. The molecule has 1 heterocycles. The van der Waals surface area contributed by atoms with Crippen LogP contribution in [-0.2, 0) is 11.3 Å². The monoisotopic (exact) mass is 358 g/mol. The van der Waals surface area contributed by atoms with E-state index in [1.807, 2.05) is 43.1 Å². The summed E-state index contributed by atoms with van der Waals surface area (Å²) in [5.74, 6) is -0.117. The SMILES string of the molecule is C[C@H](C(=O)Nc1ccc2[nH]c(=O)[nH]c2c1)N(C)Cc1ccc(Cl)cc1. The number of hydrogen-bond acceptors (Lipinski definition) is 3. The largest absolute Gasteiger partial charge is 0.325 e. The van der Waals surface area contributed by atoms with E-state index in [2.05, 4.69) is 15.3 Å². The van der Waals surface area contributed by atoms with Crippen LogP contribution in [0.25, 0.3) is 11.0 Å². The summed E-state index contributed by atoms with van der Waals surface area (Å²) >= 11 is 5.89. The summed E-state index contributed by atoms with van der Waals surface area (Å²) in [6.07, 6.45) is 0. The third kappa shape index (κ3) is 4.10. The smallest absolute Gasteiger partial charge is 0.323 e. The van der Waals surface area contributed by atoms with Crippen molar-refractivity contribution >= 4 is 34.2 Å². The molecule has 0 spiro atoms. The Labute approximate surface area is 149 Å². The molecule has 0 radical (unpaired) electrons. The van der Waals surface area contributed by atoms with E-state index in [4.69, 9.17) is 11.6 Å². The van der Waals surface area contributed by atoms with Gasteiger partial charge in [-0.3, -0.25) is 9.69 Å². The first-order valence-corrected chi connectivity index (χ1v) is 8.28. The van der Waals surface area contributed by atoms with Gasteiger partial charge in [0, 0.05) is 17.3 Å². The number of aromatic nitrogens is 2. The second-order valence-electron chi connectivity index (χ2n) is 6.05. The maximum atomic E-state index is 12.5. The van der Waals surface area contributed by atoms with Crippen molar-refractivity contribution < 1.29 is 4.79 Å². The van der Waals surface area contributed by atoms with Crippen LogP contribution >= 0.6 is 11.6 Å². The Kier molecular flexibility index (Phi) is 4.92. The summed E-state index contributed by atoms with van der Waals surface area (Å²) < 4.78 is 0. The highest BCUT2D eigenvalue weighted by Crippen LogP contribution is 2.16. The van der Waals surface area contributed by atoms with E-state index in [-0.39, 0.29) is 17.6 Å². The molecule has 0 saturated carbocycles. The minimum Gasteiger partial charge on any atom is -0.325 e. The number of carbonyl (C=O) groups is 1. The van der Waals surface area contributed by atoms with Crippen molar-refractivity contribution in [1.82, 2.24) is 14.9 Å².